The molecule has 6 heteroatoms. The van der Waals surface area contributed by atoms with Gasteiger partial charge in [-0.1, -0.05) is 41.5 Å². The maximum atomic E-state index is 13.0. The van der Waals surface area contributed by atoms with E-state index in [1.54, 1.807) is 0 Å². The molecule has 45 heavy (non-hydrogen) atoms. The van der Waals surface area contributed by atoms with E-state index in [0.717, 1.165) is 64.2 Å². The lowest BCUT2D eigenvalue weighted by molar-refractivity contribution is -0.210. The molecule has 9 unspecified atom stereocenters. The minimum Gasteiger partial charge on any atom is -0.462 e. The molecule has 0 radical (unpaired) electrons. The van der Waals surface area contributed by atoms with Crippen molar-refractivity contribution in [2.24, 2.45) is 69.0 Å². The molecule has 6 aliphatic rings. The first-order valence-electron chi connectivity index (χ1n) is 18.8. The number of hydrogen-bond acceptors (Lipinski definition) is 6. The molecule has 6 fully saturated rings. The van der Waals surface area contributed by atoms with Gasteiger partial charge in [-0.2, -0.15) is 0 Å². The number of ether oxygens (including phenoxy) is 2. The maximum Gasteiger partial charge on any atom is 0.311 e. The van der Waals surface area contributed by atoms with Crippen molar-refractivity contribution in [2.75, 3.05) is 0 Å². The monoisotopic (exact) mass is 628 g/mol. The molecule has 6 saturated carbocycles. The first kappa shape index (κ1) is 33.7. The van der Waals surface area contributed by atoms with E-state index in [0.29, 0.717) is 41.4 Å². The summed E-state index contributed by atoms with van der Waals surface area (Å²) in [6, 6.07) is 0. The van der Waals surface area contributed by atoms with Crippen molar-refractivity contribution in [1.82, 2.24) is 0 Å². The first-order chi connectivity index (χ1) is 21.0. The molecule has 6 rings (SSSR count). The van der Waals surface area contributed by atoms with Gasteiger partial charge in [0.2, 0.25) is 0 Å². The zero-order valence-electron chi connectivity index (χ0n) is 29.6. The number of hydrogen-bond donors (Lipinski definition) is 2. The van der Waals surface area contributed by atoms with Crippen molar-refractivity contribution < 1.29 is 29.3 Å². The quantitative estimate of drug-likeness (QED) is 0.268. The summed E-state index contributed by atoms with van der Waals surface area (Å²) in [5.74, 6) is 2.75. The highest BCUT2D eigenvalue weighted by Gasteiger charge is 2.66. The second-order valence-electron chi connectivity index (χ2n) is 18.6. The molecule has 6 aliphatic carbocycles. The van der Waals surface area contributed by atoms with Crippen LogP contribution < -0.4 is 0 Å². The van der Waals surface area contributed by atoms with E-state index in [1.807, 2.05) is 20.8 Å². The van der Waals surface area contributed by atoms with Gasteiger partial charge in [0.05, 0.1) is 17.6 Å². The van der Waals surface area contributed by atoms with Crippen LogP contribution in [-0.2, 0) is 19.1 Å². The van der Waals surface area contributed by atoms with Crippen molar-refractivity contribution >= 4 is 11.9 Å². The van der Waals surface area contributed by atoms with Crippen LogP contribution >= 0.6 is 0 Å². The predicted octanol–water partition coefficient (Wildman–Crippen LogP) is 7.72. The number of rotatable bonds is 8. The highest BCUT2D eigenvalue weighted by molar-refractivity contribution is 5.76. The molecule has 0 heterocycles. The zero-order chi connectivity index (χ0) is 32.7. The summed E-state index contributed by atoms with van der Waals surface area (Å²) in [7, 11) is 0. The first-order valence-corrected chi connectivity index (χ1v) is 18.8. The third kappa shape index (κ3) is 5.42. The van der Waals surface area contributed by atoms with Crippen LogP contribution in [0.25, 0.3) is 0 Å². The van der Waals surface area contributed by atoms with E-state index in [2.05, 4.69) is 34.6 Å². The summed E-state index contributed by atoms with van der Waals surface area (Å²) in [5.41, 5.74) is -0.391. The number of fused-ring (bicyclic) bond motifs is 7. The summed E-state index contributed by atoms with van der Waals surface area (Å²) in [6.07, 6.45) is 11.0. The largest absolute Gasteiger partial charge is 0.462 e. The lowest BCUT2D eigenvalue weighted by Gasteiger charge is -2.63. The second-order valence-corrected chi connectivity index (χ2v) is 18.6. The molecule has 0 aliphatic heterocycles. The molecule has 0 saturated heterocycles. The molecule has 0 aromatic carbocycles. The Morgan fingerprint density at radius 3 is 2.22 bits per heavy atom. The standard InChI is InChI=1S/C39H64O6/c1-9-36(3,4)35(43)44-25-16-17-38(7)24(18-25)19-30(40)34-28-14-13-26(39(28,8)32(41)21-29(34)38)22(2)10-15-33(42)45-31-20-23-11-12-27(31)37(23,5)6/h22-32,34,40-41H,9-21H2,1-8H3/t22?,23?,24?,25-,26?,27?,28?,29?,30+,31?,32-,34?,38-,39+/m0/s1. The van der Waals surface area contributed by atoms with E-state index >= 15 is 0 Å². The Morgan fingerprint density at radius 2 is 1.58 bits per heavy atom. The third-order valence-electron chi connectivity index (χ3n) is 16.1. The highest BCUT2D eigenvalue weighted by Crippen LogP contribution is 2.68. The van der Waals surface area contributed by atoms with Crippen LogP contribution in [0.5, 0.6) is 0 Å². The van der Waals surface area contributed by atoms with Crippen molar-refractivity contribution in [3.8, 4) is 0 Å². The highest BCUT2D eigenvalue weighted by atomic mass is 16.5. The van der Waals surface area contributed by atoms with Gasteiger partial charge in [0.15, 0.2) is 0 Å². The van der Waals surface area contributed by atoms with E-state index in [9.17, 15) is 19.8 Å². The summed E-state index contributed by atoms with van der Waals surface area (Å²) >= 11 is 0. The van der Waals surface area contributed by atoms with Gasteiger partial charge in [0.25, 0.3) is 0 Å². The third-order valence-corrected chi connectivity index (χ3v) is 16.1. The molecular weight excluding hydrogens is 564 g/mol. The average Bonchev–Trinajstić information content (AvgIpc) is 3.57. The lowest BCUT2D eigenvalue weighted by Crippen LogP contribution is -2.62. The minimum absolute atomic E-state index is 0.0388. The molecule has 0 aromatic rings. The van der Waals surface area contributed by atoms with Crippen LogP contribution in [0.1, 0.15) is 139 Å². The summed E-state index contributed by atoms with van der Waals surface area (Å²) in [6.45, 7) is 17.6. The number of esters is 2. The van der Waals surface area contributed by atoms with Gasteiger partial charge < -0.3 is 19.7 Å². The molecule has 2 bridgehead atoms. The van der Waals surface area contributed by atoms with Gasteiger partial charge in [0, 0.05) is 12.3 Å². The lowest BCUT2D eigenvalue weighted by atomic mass is 9.43. The van der Waals surface area contributed by atoms with Crippen LogP contribution in [0.3, 0.4) is 0 Å². The summed E-state index contributed by atoms with van der Waals surface area (Å²) in [5, 5.41) is 23.8. The minimum atomic E-state index is -0.473. The molecule has 256 valence electrons. The SMILES string of the molecule is CCC(C)(C)C(=O)O[C@H]1CC[C@@]2(C)C(C1)C[C@@H](O)C1C2C[C@H](O)[C@]2(C)C(C(C)CCC(=O)OC3CC4CCC3C4(C)C)CCC12. The summed E-state index contributed by atoms with van der Waals surface area (Å²) in [4.78, 5) is 25.9. The van der Waals surface area contributed by atoms with E-state index in [4.69, 9.17) is 9.47 Å². The Labute approximate surface area is 273 Å². The van der Waals surface area contributed by atoms with Gasteiger partial charge in [-0.15, -0.1) is 0 Å². The number of carbonyl (C=O) groups excluding carboxylic acids is 2. The van der Waals surface area contributed by atoms with E-state index in [-0.39, 0.29) is 58.8 Å². The van der Waals surface area contributed by atoms with E-state index in [1.165, 1.54) is 12.8 Å². The number of aliphatic hydroxyl groups excluding tert-OH is 2. The van der Waals surface area contributed by atoms with Crippen LogP contribution in [-0.4, -0.2) is 46.6 Å². The molecule has 0 aromatic heterocycles. The Balaban J connectivity index is 1.09. The Morgan fingerprint density at radius 1 is 0.867 bits per heavy atom. The summed E-state index contributed by atoms with van der Waals surface area (Å²) < 4.78 is 12.1. The van der Waals surface area contributed by atoms with Crippen molar-refractivity contribution in [2.45, 2.75) is 163 Å². The van der Waals surface area contributed by atoms with E-state index < -0.39 is 11.5 Å². The molecule has 2 N–H and O–H groups in total. The Bertz CT molecular complexity index is 1130. The predicted molar refractivity (Wildman–Crippen MR) is 175 cm³/mol. The normalized spacial score (nSPS) is 47.4. The molecule has 0 spiro atoms. The fourth-order valence-corrected chi connectivity index (χ4v) is 12.5. The Kier molecular flexibility index (Phi) is 8.83. The topological polar surface area (TPSA) is 93.1 Å². The van der Waals surface area contributed by atoms with Gasteiger partial charge in [0.1, 0.15) is 12.2 Å². The van der Waals surface area contributed by atoms with Crippen LogP contribution in [0.4, 0.5) is 0 Å². The fourth-order valence-electron chi connectivity index (χ4n) is 12.5. The average molecular weight is 629 g/mol. The number of aliphatic hydroxyl groups is 2. The maximum absolute atomic E-state index is 13.0. The molecule has 14 atom stereocenters. The van der Waals surface area contributed by atoms with Gasteiger partial charge in [-0.25, -0.2) is 0 Å². The van der Waals surface area contributed by atoms with Crippen molar-refractivity contribution in [1.29, 1.82) is 0 Å². The van der Waals surface area contributed by atoms with Crippen LogP contribution in [0, 0.1) is 69.0 Å². The number of carbonyl (C=O) groups is 2. The molecule has 0 amide bonds. The van der Waals surface area contributed by atoms with Crippen molar-refractivity contribution in [3.63, 3.8) is 0 Å². The second kappa shape index (κ2) is 11.8. The van der Waals surface area contributed by atoms with Gasteiger partial charge >= 0.3 is 11.9 Å². The molecular formula is C39H64O6. The van der Waals surface area contributed by atoms with Crippen LogP contribution in [0.15, 0.2) is 0 Å². The van der Waals surface area contributed by atoms with Gasteiger partial charge in [-0.05, 0) is 149 Å². The zero-order valence-corrected chi connectivity index (χ0v) is 29.6. The van der Waals surface area contributed by atoms with Crippen molar-refractivity contribution in [3.05, 3.63) is 0 Å². The smallest absolute Gasteiger partial charge is 0.311 e. The Hall–Kier alpha value is -1.14. The fraction of sp³-hybridized carbons (Fsp3) is 0.949. The van der Waals surface area contributed by atoms with Crippen LogP contribution in [0.2, 0.25) is 0 Å². The molecule has 6 nitrogen and oxygen atoms in total. The van der Waals surface area contributed by atoms with Gasteiger partial charge in [-0.3, -0.25) is 9.59 Å².